The predicted octanol–water partition coefficient (Wildman–Crippen LogP) is 6.61. The molecule has 0 N–H and O–H groups in total. The number of rotatable bonds is 7. The summed E-state index contributed by atoms with van der Waals surface area (Å²) < 4.78 is 34.9. The molecule has 0 spiro atoms. The van der Waals surface area contributed by atoms with Gasteiger partial charge < -0.3 is 9.30 Å². The predicted molar refractivity (Wildman–Crippen MR) is 109 cm³/mol. The molecular formula is C20H23ClF2N2OSi. The molecular weight excluding hydrogens is 386 g/mol. The van der Waals surface area contributed by atoms with Crippen molar-refractivity contribution in [2.45, 2.75) is 38.8 Å². The molecule has 0 radical (unpaired) electrons. The maximum atomic E-state index is 13.5. The van der Waals surface area contributed by atoms with Crippen molar-refractivity contribution in [3.05, 3.63) is 53.3 Å². The molecule has 3 nitrogen and oxygen atoms in total. The number of halogens is 3. The minimum atomic E-state index is -2.55. The van der Waals surface area contributed by atoms with E-state index in [-0.39, 0.29) is 12.3 Å². The van der Waals surface area contributed by atoms with Gasteiger partial charge in [0.05, 0.1) is 11.2 Å². The van der Waals surface area contributed by atoms with E-state index in [1.165, 1.54) is 6.07 Å². The molecule has 0 amide bonds. The fourth-order valence-electron chi connectivity index (χ4n) is 2.95. The molecule has 0 saturated carbocycles. The minimum Gasteiger partial charge on any atom is -0.361 e. The van der Waals surface area contributed by atoms with Crippen LogP contribution in [0.1, 0.15) is 12.0 Å². The monoisotopic (exact) mass is 408 g/mol. The van der Waals surface area contributed by atoms with E-state index in [2.05, 4.69) is 24.6 Å². The summed E-state index contributed by atoms with van der Waals surface area (Å²) in [5.74, 6) is 0. The van der Waals surface area contributed by atoms with E-state index in [9.17, 15) is 8.78 Å². The Kier molecular flexibility index (Phi) is 5.98. The van der Waals surface area contributed by atoms with Crippen LogP contribution in [0.5, 0.6) is 0 Å². The molecule has 0 atom stereocenters. The third-order valence-corrected chi connectivity index (χ3v) is 6.35. The van der Waals surface area contributed by atoms with Gasteiger partial charge in [-0.2, -0.15) is 0 Å². The standard InChI is InChI=1S/C20H23ClF2N2OSi/c1-27(2,3)9-8-26-13-25-17-11-19(21)24-12-14(17)10-18(25)15-6-4-5-7-16(15)20(22)23/h4-7,10-12,20H,8-9,13H2,1-3H3. The summed E-state index contributed by atoms with van der Waals surface area (Å²) in [6, 6.07) is 11.2. The van der Waals surface area contributed by atoms with Crippen LogP contribution in [0.25, 0.3) is 22.2 Å². The van der Waals surface area contributed by atoms with Gasteiger partial charge in [-0.25, -0.2) is 13.8 Å². The molecule has 0 aliphatic carbocycles. The SMILES string of the molecule is C[Si](C)(C)CCOCn1c(-c2ccccc2C(F)F)cc2cnc(Cl)cc21. The van der Waals surface area contributed by atoms with Crippen molar-refractivity contribution in [2.75, 3.05) is 6.61 Å². The molecule has 2 aromatic heterocycles. The first kappa shape index (κ1) is 20.0. The van der Waals surface area contributed by atoms with Gasteiger partial charge in [0, 0.05) is 37.4 Å². The molecule has 3 rings (SSSR count). The minimum absolute atomic E-state index is 0.00251. The zero-order valence-corrected chi connectivity index (χ0v) is 17.4. The van der Waals surface area contributed by atoms with Crippen LogP contribution >= 0.6 is 11.6 Å². The van der Waals surface area contributed by atoms with Crippen LogP contribution in [-0.4, -0.2) is 24.2 Å². The van der Waals surface area contributed by atoms with Crippen molar-refractivity contribution in [3.63, 3.8) is 0 Å². The number of aromatic nitrogens is 2. The second kappa shape index (κ2) is 8.08. The second-order valence-electron chi connectivity index (χ2n) is 7.76. The van der Waals surface area contributed by atoms with Crippen LogP contribution in [0.3, 0.4) is 0 Å². The maximum absolute atomic E-state index is 13.5. The Morgan fingerprint density at radius 2 is 1.93 bits per heavy atom. The average molecular weight is 409 g/mol. The summed E-state index contributed by atoms with van der Waals surface area (Å²) in [7, 11) is -1.21. The van der Waals surface area contributed by atoms with Crippen LogP contribution in [-0.2, 0) is 11.5 Å². The first-order valence-corrected chi connectivity index (χ1v) is 12.9. The first-order valence-electron chi connectivity index (χ1n) is 8.86. The number of hydrogen-bond acceptors (Lipinski definition) is 2. The smallest absolute Gasteiger partial charge is 0.264 e. The van der Waals surface area contributed by atoms with Crippen molar-refractivity contribution in [1.29, 1.82) is 0 Å². The van der Waals surface area contributed by atoms with Crippen molar-refractivity contribution in [3.8, 4) is 11.3 Å². The van der Waals surface area contributed by atoms with Crippen LogP contribution < -0.4 is 0 Å². The van der Waals surface area contributed by atoms with Crippen LogP contribution in [0, 0.1) is 0 Å². The largest absolute Gasteiger partial charge is 0.361 e. The third-order valence-electron chi connectivity index (χ3n) is 4.44. The van der Waals surface area contributed by atoms with Crippen molar-refractivity contribution < 1.29 is 13.5 Å². The molecule has 0 saturated heterocycles. The maximum Gasteiger partial charge on any atom is 0.264 e. The summed E-state index contributed by atoms with van der Waals surface area (Å²) in [5.41, 5.74) is 2.00. The van der Waals surface area contributed by atoms with Gasteiger partial charge in [-0.3, -0.25) is 0 Å². The highest BCUT2D eigenvalue weighted by Gasteiger charge is 2.19. The highest BCUT2D eigenvalue weighted by atomic mass is 35.5. The van der Waals surface area contributed by atoms with Gasteiger partial charge >= 0.3 is 0 Å². The van der Waals surface area contributed by atoms with E-state index in [1.54, 1.807) is 30.5 Å². The summed E-state index contributed by atoms with van der Waals surface area (Å²) in [6.45, 7) is 7.79. The van der Waals surface area contributed by atoms with E-state index in [4.69, 9.17) is 16.3 Å². The third kappa shape index (κ3) is 4.75. The molecule has 2 heterocycles. The van der Waals surface area contributed by atoms with Gasteiger partial charge in [0.25, 0.3) is 6.43 Å². The second-order valence-corrected chi connectivity index (χ2v) is 13.8. The molecule has 0 bridgehead atoms. The van der Waals surface area contributed by atoms with E-state index in [1.807, 2.05) is 10.6 Å². The Bertz CT molecular complexity index is 937. The zero-order valence-electron chi connectivity index (χ0n) is 15.7. The Labute approximate surface area is 163 Å². The first-order chi connectivity index (χ1) is 12.8. The number of fused-ring (bicyclic) bond motifs is 1. The molecule has 0 fully saturated rings. The lowest BCUT2D eigenvalue weighted by Gasteiger charge is -2.17. The molecule has 7 heteroatoms. The summed E-state index contributed by atoms with van der Waals surface area (Å²) in [5, 5.41) is 1.20. The van der Waals surface area contributed by atoms with Crippen molar-refractivity contribution in [1.82, 2.24) is 9.55 Å². The number of ether oxygens (including phenoxy) is 1. The van der Waals surface area contributed by atoms with E-state index in [0.29, 0.717) is 23.0 Å². The number of hydrogen-bond donors (Lipinski definition) is 0. The normalized spacial score (nSPS) is 12.3. The van der Waals surface area contributed by atoms with Gasteiger partial charge in [0.2, 0.25) is 0 Å². The Hall–Kier alpha value is -1.76. The molecule has 3 aromatic rings. The lowest BCUT2D eigenvalue weighted by molar-refractivity contribution is 0.0911. The Morgan fingerprint density at radius 3 is 2.63 bits per heavy atom. The summed E-state index contributed by atoms with van der Waals surface area (Å²) in [4.78, 5) is 4.11. The van der Waals surface area contributed by atoms with Crippen molar-refractivity contribution >= 4 is 30.6 Å². The van der Waals surface area contributed by atoms with Gasteiger partial charge in [0.1, 0.15) is 11.9 Å². The topological polar surface area (TPSA) is 27.1 Å². The number of pyridine rings is 1. The molecule has 0 aliphatic rings. The van der Waals surface area contributed by atoms with Gasteiger partial charge in [-0.15, -0.1) is 0 Å². The van der Waals surface area contributed by atoms with E-state index < -0.39 is 14.5 Å². The van der Waals surface area contributed by atoms with Crippen molar-refractivity contribution in [2.24, 2.45) is 0 Å². The van der Waals surface area contributed by atoms with Gasteiger partial charge in [0.15, 0.2) is 0 Å². The number of nitrogens with zero attached hydrogens (tertiary/aromatic N) is 2. The van der Waals surface area contributed by atoms with Gasteiger partial charge in [-0.05, 0) is 18.2 Å². The fraction of sp³-hybridized carbons (Fsp3) is 0.350. The Morgan fingerprint density at radius 1 is 1.19 bits per heavy atom. The van der Waals surface area contributed by atoms with E-state index in [0.717, 1.165) is 16.9 Å². The molecule has 27 heavy (non-hydrogen) atoms. The molecule has 144 valence electrons. The lowest BCUT2D eigenvalue weighted by atomic mass is 10.0. The zero-order chi connectivity index (χ0) is 19.6. The molecule has 0 unspecified atom stereocenters. The highest BCUT2D eigenvalue weighted by molar-refractivity contribution is 6.76. The summed E-state index contributed by atoms with van der Waals surface area (Å²) in [6.07, 6.45) is -0.896. The number of alkyl halides is 2. The summed E-state index contributed by atoms with van der Waals surface area (Å²) >= 11 is 6.07. The number of benzene rings is 1. The van der Waals surface area contributed by atoms with Crippen LogP contribution in [0.4, 0.5) is 8.78 Å². The Balaban J connectivity index is 2.02. The molecule has 1 aromatic carbocycles. The highest BCUT2D eigenvalue weighted by Crippen LogP contribution is 2.35. The quantitative estimate of drug-likeness (QED) is 0.250. The van der Waals surface area contributed by atoms with Gasteiger partial charge in [-0.1, -0.05) is 55.5 Å². The fourth-order valence-corrected chi connectivity index (χ4v) is 3.86. The van der Waals surface area contributed by atoms with E-state index >= 15 is 0 Å². The molecule has 0 aliphatic heterocycles. The average Bonchev–Trinajstić information content (AvgIpc) is 2.95. The van der Waals surface area contributed by atoms with Crippen LogP contribution in [0.2, 0.25) is 30.8 Å². The lowest BCUT2D eigenvalue weighted by Crippen LogP contribution is -2.22. The van der Waals surface area contributed by atoms with Crippen LogP contribution in [0.15, 0.2) is 42.6 Å².